The van der Waals surface area contributed by atoms with Gasteiger partial charge < -0.3 is 19.9 Å². The van der Waals surface area contributed by atoms with Gasteiger partial charge in [0.15, 0.2) is 0 Å². The Kier molecular flexibility index (Phi) is 8.69. The molecule has 0 aliphatic carbocycles. The van der Waals surface area contributed by atoms with Gasteiger partial charge in [0.25, 0.3) is 0 Å². The van der Waals surface area contributed by atoms with E-state index in [4.69, 9.17) is 4.74 Å². The quantitative estimate of drug-likeness (QED) is 0.661. The highest BCUT2D eigenvalue weighted by Crippen LogP contribution is 2.31. The Bertz CT molecular complexity index is 240. The minimum atomic E-state index is 0.419. The van der Waals surface area contributed by atoms with Gasteiger partial charge in [0.1, 0.15) is 0 Å². The van der Waals surface area contributed by atoms with Gasteiger partial charge in [0, 0.05) is 26.3 Å². The molecular formula is C16H35N3O. The third kappa shape index (κ3) is 6.53. The zero-order valence-electron chi connectivity index (χ0n) is 14.1. The molecule has 20 heavy (non-hydrogen) atoms. The van der Waals surface area contributed by atoms with Gasteiger partial charge >= 0.3 is 0 Å². The molecule has 1 N–H and O–H groups in total. The molecule has 1 aliphatic heterocycles. The van der Waals surface area contributed by atoms with E-state index in [0.717, 1.165) is 32.8 Å². The number of ether oxygens (including phenoxy) is 1. The summed E-state index contributed by atoms with van der Waals surface area (Å²) < 4.78 is 5.58. The van der Waals surface area contributed by atoms with Crippen molar-refractivity contribution in [3.8, 4) is 0 Å². The lowest BCUT2D eigenvalue weighted by Gasteiger charge is -2.41. The molecule has 0 aromatic carbocycles. The Morgan fingerprint density at radius 3 is 2.35 bits per heavy atom. The average Bonchev–Trinajstić information content (AvgIpc) is 2.45. The predicted molar refractivity (Wildman–Crippen MR) is 86.3 cm³/mol. The number of rotatable bonds is 10. The lowest BCUT2D eigenvalue weighted by Crippen LogP contribution is -2.47. The molecule has 1 fully saturated rings. The van der Waals surface area contributed by atoms with Crippen LogP contribution in [0.5, 0.6) is 0 Å². The Morgan fingerprint density at radius 1 is 1.10 bits per heavy atom. The molecule has 0 radical (unpaired) electrons. The summed E-state index contributed by atoms with van der Waals surface area (Å²) in [5.41, 5.74) is 0.419. The van der Waals surface area contributed by atoms with E-state index >= 15 is 0 Å². The van der Waals surface area contributed by atoms with Crippen molar-refractivity contribution in [2.75, 3.05) is 66.6 Å². The molecule has 0 spiro atoms. The molecule has 0 atom stereocenters. The molecule has 120 valence electrons. The van der Waals surface area contributed by atoms with E-state index in [1.165, 1.54) is 38.9 Å². The number of hydrogen-bond donors (Lipinski definition) is 1. The molecule has 4 nitrogen and oxygen atoms in total. The molecule has 0 unspecified atom stereocenters. The minimum Gasteiger partial charge on any atom is -0.381 e. The van der Waals surface area contributed by atoms with E-state index in [1.807, 2.05) is 0 Å². The van der Waals surface area contributed by atoms with Crippen LogP contribution >= 0.6 is 0 Å². The summed E-state index contributed by atoms with van der Waals surface area (Å²) >= 11 is 0. The summed E-state index contributed by atoms with van der Waals surface area (Å²) in [6, 6.07) is 0. The average molecular weight is 285 g/mol. The van der Waals surface area contributed by atoms with Crippen LogP contribution in [0.4, 0.5) is 0 Å². The van der Waals surface area contributed by atoms with Crippen LogP contribution in [0.15, 0.2) is 0 Å². The van der Waals surface area contributed by atoms with Crippen molar-refractivity contribution in [1.82, 2.24) is 15.1 Å². The number of nitrogens with zero attached hydrogens (tertiary/aromatic N) is 2. The molecular weight excluding hydrogens is 250 g/mol. The van der Waals surface area contributed by atoms with E-state index in [0.29, 0.717) is 5.41 Å². The molecule has 1 rings (SSSR count). The molecule has 1 aliphatic rings. The van der Waals surface area contributed by atoms with Gasteiger partial charge in [0.2, 0.25) is 0 Å². The summed E-state index contributed by atoms with van der Waals surface area (Å²) in [5.74, 6) is 0. The third-order valence-corrected chi connectivity index (χ3v) is 4.39. The number of hydrogen-bond acceptors (Lipinski definition) is 4. The van der Waals surface area contributed by atoms with Crippen molar-refractivity contribution in [2.24, 2.45) is 5.41 Å². The summed E-state index contributed by atoms with van der Waals surface area (Å²) in [6.45, 7) is 13.3. The Labute approximate surface area is 125 Å². The van der Waals surface area contributed by atoms with Gasteiger partial charge in [-0.1, -0.05) is 13.8 Å². The van der Waals surface area contributed by atoms with E-state index in [1.54, 1.807) is 0 Å². The van der Waals surface area contributed by atoms with Crippen molar-refractivity contribution in [1.29, 1.82) is 0 Å². The van der Waals surface area contributed by atoms with Crippen LogP contribution < -0.4 is 5.32 Å². The second-order valence-electron chi connectivity index (χ2n) is 6.42. The highest BCUT2D eigenvalue weighted by molar-refractivity contribution is 4.87. The van der Waals surface area contributed by atoms with Crippen LogP contribution in [0.1, 0.15) is 33.1 Å². The molecule has 0 aromatic heterocycles. The summed E-state index contributed by atoms with van der Waals surface area (Å²) in [7, 11) is 4.31. The number of nitrogens with one attached hydrogen (secondary N) is 1. The van der Waals surface area contributed by atoms with Gasteiger partial charge in [-0.15, -0.1) is 0 Å². The van der Waals surface area contributed by atoms with Crippen LogP contribution in [0.2, 0.25) is 0 Å². The predicted octanol–water partition coefficient (Wildman–Crippen LogP) is 1.67. The molecule has 1 saturated heterocycles. The lowest BCUT2D eigenvalue weighted by molar-refractivity contribution is -0.00376. The van der Waals surface area contributed by atoms with Crippen molar-refractivity contribution >= 4 is 0 Å². The van der Waals surface area contributed by atoms with Gasteiger partial charge in [-0.2, -0.15) is 0 Å². The summed E-state index contributed by atoms with van der Waals surface area (Å²) in [4.78, 5) is 4.91. The second-order valence-corrected chi connectivity index (χ2v) is 6.42. The highest BCUT2D eigenvalue weighted by Gasteiger charge is 2.33. The maximum atomic E-state index is 5.58. The maximum absolute atomic E-state index is 5.58. The fraction of sp³-hybridized carbons (Fsp3) is 1.00. The van der Waals surface area contributed by atoms with Crippen LogP contribution in [-0.2, 0) is 4.74 Å². The Balaban J connectivity index is 2.47. The second kappa shape index (κ2) is 9.72. The van der Waals surface area contributed by atoms with E-state index in [2.05, 4.69) is 43.1 Å². The minimum absolute atomic E-state index is 0.419. The molecule has 1 heterocycles. The van der Waals surface area contributed by atoms with Gasteiger partial charge in [-0.25, -0.2) is 0 Å². The molecule has 0 amide bonds. The maximum Gasteiger partial charge on any atom is 0.0472 e. The standard InChI is InChI=1S/C16H35N3O/c1-5-17-14-16(8-12-20-13-9-16)15-19(6-2)11-7-10-18(3)4/h17H,5-15H2,1-4H3. The molecule has 4 heteroatoms. The van der Waals surface area contributed by atoms with Crippen LogP contribution in [0.25, 0.3) is 0 Å². The third-order valence-electron chi connectivity index (χ3n) is 4.39. The monoisotopic (exact) mass is 285 g/mol. The van der Waals surface area contributed by atoms with Crippen LogP contribution in [-0.4, -0.2) is 76.4 Å². The fourth-order valence-corrected chi connectivity index (χ4v) is 3.02. The SMILES string of the molecule is CCNCC1(CN(CC)CCCN(C)C)CCOCC1. The molecule has 0 saturated carbocycles. The van der Waals surface area contributed by atoms with Crippen molar-refractivity contribution in [3.63, 3.8) is 0 Å². The first kappa shape index (κ1) is 17.9. The van der Waals surface area contributed by atoms with Gasteiger partial charge in [0.05, 0.1) is 0 Å². The van der Waals surface area contributed by atoms with E-state index in [-0.39, 0.29) is 0 Å². The first-order chi connectivity index (χ1) is 9.62. The van der Waals surface area contributed by atoms with Crippen LogP contribution in [0.3, 0.4) is 0 Å². The van der Waals surface area contributed by atoms with Gasteiger partial charge in [-0.3, -0.25) is 0 Å². The first-order valence-electron chi connectivity index (χ1n) is 8.27. The Morgan fingerprint density at radius 2 is 1.80 bits per heavy atom. The van der Waals surface area contributed by atoms with E-state index in [9.17, 15) is 0 Å². The first-order valence-corrected chi connectivity index (χ1v) is 8.27. The largest absolute Gasteiger partial charge is 0.381 e. The zero-order valence-corrected chi connectivity index (χ0v) is 14.1. The van der Waals surface area contributed by atoms with Crippen molar-refractivity contribution in [3.05, 3.63) is 0 Å². The fourth-order valence-electron chi connectivity index (χ4n) is 3.02. The van der Waals surface area contributed by atoms with Crippen molar-refractivity contribution < 1.29 is 4.74 Å². The highest BCUT2D eigenvalue weighted by atomic mass is 16.5. The lowest BCUT2D eigenvalue weighted by atomic mass is 9.79. The molecule has 0 bridgehead atoms. The zero-order chi connectivity index (χ0) is 14.8. The van der Waals surface area contributed by atoms with Crippen molar-refractivity contribution in [2.45, 2.75) is 33.1 Å². The normalized spacial score (nSPS) is 18.9. The topological polar surface area (TPSA) is 27.7 Å². The van der Waals surface area contributed by atoms with Gasteiger partial charge in [-0.05, 0) is 65.0 Å². The smallest absolute Gasteiger partial charge is 0.0472 e. The summed E-state index contributed by atoms with van der Waals surface area (Å²) in [6.07, 6.45) is 3.66. The van der Waals surface area contributed by atoms with E-state index < -0.39 is 0 Å². The Hall–Kier alpha value is -0.160. The summed E-state index contributed by atoms with van der Waals surface area (Å²) in [5, 5.41) is 3.57. The van der Waals surface area contributed by atoms with Crippen LogP contribution in [0, 0.1) is 5.41 Å². The molecule has 0 aromatic rings.